The summed E-state index contributed by atoms with van der Waals surface area (Å²) in [5.74, 6) is -0.192. The van der Waals surface area contributed by atoms with E-state index >= 15 is 0 Å². The summed E-state index contributed by atoms with van der Waals surface area (Å²) < 4.78 is 33.3. The molecule has 0 N–H and O–H groups in total. The normalized spacial score (nSPS) is 17.2. The molecule has 148 valence electrons. The molecule has 1 atom stereocenters. The predicted molar refractivity (Wildman–Crippen MR) is 109 cm³/mol. The van der Waals surface area contributed by atoms with E-state index in [9.17, 15) is 13.2 Å². The number of sulfonamides is 1. The van der Waals surface area contributed by atoms with Crippen molar-refractivity contribution >= 4 is 21.6 Å². The maximum Gasteiger partial charge on any atom is 0.264 e. The summed E-state index contributed by atoms with van der Waals surface area (Å²) in [6, 6.07) is 15.0. The highest BCUT2D eigenvalue weighted by Gasteiger charge is 2.27. The number of hydrogen-bond acceptors (Lipinski definition) is 4. The second-order valence-corrected chi connectivity index (χ2v) is 8.48. The highest BCUT2D eigenvalue weighted by atomic mass is 32.2. The second kappa shape index (κ2) is 8.58. The molecule has 0 saturated carbocycles. The summed E-state index contributed by atoms with van der Waals surface area (Å²) in [5.41, 5.74) is 0.892. The number of nitrogens with zero attached hydrogens (tertiary/aromatic N) is 2. The summed E-state index contributed by atoms with van der Waals surface area (Å²) in [7, 11) is -3.85. The lowest BCUT2D eigenvalue weighted by Crippen LogP contribution is -2.44. The molecule has 0 aromatic heterocycles. The number of carbonyl (C=O) groups is 1. The van der Waals surface area contributed by atoms with E-state index in [0.29, 0.717) is 30.9 Å². The Balaban J connectivity index is 1.93. The number of hydrogen-bond donors (Lipinski definition) is 0. The van der Waals surface area contributed by atoms with Crippen molar-refractivity contribution in [3.63, 3.8) is 0 Å². The molecule has 1 aliphatic rings. The lowest BCUT2D eigenvalue weighted by atomic mass is 10.2. The van der Waals surface area contributed by atoms with E-state index < -0.39 is 10.0 Å². The molecule has 1 heterocycles. The molecular weight excluding hydrogens is 376 g/mol. The van der Waals surface area contributed by atoms with Crippen LogP contribution in [-0.4, -0.2) is 51.6 Å². The van der Waals surface area contributed by atoms with Crippen LogP contribution < -0.4 is 4.31 Å². The molecule has 0 spiro atoms. The van der Waals surface area contributed by atoms with Gasteiger partial charge in [0.25, 0.3) is 15.9 Å². The maximum atomic E-state index is 13.3. The second-order valence-electron chi connectivity index (χ2n) is 6.62. The summed E-state index contributed by atoms with van der Waals surface area (Å²) in [6.07, 6.45) is 1.50. The molecule has 2 aromatic rings. The predicted octanol–water partition coefficient (Wildman–Crippen LogP) is 2.93. The largest absolute Gasteiger partial charge is 0.375 e. The Bertz CT molecular complexity index is 944. The number of benzene rings is 2. The first-order valence-corrected chi connectivity index (χ1v) is 10.6. The Hall–Kier alpha value is -2.64. The van der Waals surface area contributed by atoms with Crippen molar-refractivity contribution in [3.05, 3.63) is 72.8 Å². The van der Waals surface area contributed by atoms with Crippen LogP contribution in [0, 0.1) is 0 Å². The van der Waals surface area contributed by atoms with Gasteiger partial charge in [-0.15, -0.1) is 6.58 Å². The third-order valence-corrected chi connectivity index (χ3v) is 6.33. The molecule has 0 radical (unpaired) electrons. The van der Waals surface area contributed by atoms with Crippen molar-refractivity contribution in [2.75, 3.05) is 30.5 Å². The Labute approximate surface area is 166 Å². The number of amides is 1. The summed E-state index contributed by atoms with van der Waals surface area (Å²) in [4.78, 5) is 14.6. The standard InChI is InChI=1S/C21H24N2O4S/c1-3-12-23(19-9-5-4-6-10-19)28(25,26)20-11-7-8-18(15-20)21(24)22-13-14-27-17(2)16-22/h3-11,15,17H,1,12-14,16H2,2H3/t17-/m0/s1. The SMILES string of the molecule is C=CCN(c1ccccc1)S(=O)(=O)c1cccc(C(=O)N2CCO[C@@H](C)C2)c1. The third-order valence-electron chi connectivity index (χ3n) is 4.54. The first kappa shape index (κ1) is 20.1. The molecule has 0 aliphatic carbocycles. The van der Waals surface area contributed by atoms with Crippen molar-refractivity contribution in [2.45, 2.75) is 17.9 Å². The lowest BCUT2D eigenvalue weighted by Gasteiger charge is -2.31. The number of carbonyl (C=O) groups excluding carboxylic acids is 1. The van der Waals surface area contributed by atoms with Gasteiger partial charge in [-0.2, -0.15) is 0 Å². The van der Waals surface area contributed by atoms with Crippen molar-refractivity contribution < 1.29 is 17.9 Å². The molecule has 1 amide bonds. The fourth-order valence-corrected chi connectivity index (χ4v) is 4.64. The van der Waals surface area contributed by atoms with Crippen LogP contribution >= 0.6 is 0 Å². The minimum atomic E-state index is -3.85. The highest BCUT2D eigenvalue weighted by molar-refractivity contribution is 7.92. The average molecular weight is 401 g/mol. The van der Waals surface area contributed by atoms with Crippen LogP contribution in [0.1, 0.15) is 17.3 Å². The molecule has 2 aromatic carbocycles. The molecule has 28 heavy (non-hydrogen) atoms. The molecule has 0 bridgehead atoms. The van der Waals surface area contributed by atoms with Crippen LogP contribution in [0.25, 0.3) is 0 Å². The first-order valence-electron chi connectivity index (χ1n) is 9.13. The van der Waals surface area contributed by atoms with Gasteiger partial charge < -0.3 is 9.64 Å². The van der Waals surface area contributed by atoms with Gasteiger partial charge in [-0.05, 0) is 37.3 Å². The van der Waals surface area contributed by atoms with Gasteiger partial charge in [0.05, 0.1) is 29.8 Å². The van der Waals surface area contributed by atoms with Gasteiger partial charge in [0.1, 0.15) is 0 Å². The lowest BCUT2D eigenvalue weighted by molar-refractivity contribution is -0.0124. The number of rotatable bonds is 6. The zero-order chi connectivity index (χ0) is 20.1. The zero-order valence-corrected chi connectivity index (χ0v) is 16.6. The number of morpholine rings is 1. The van der Waals surface area contributed by atoms with E-state index in [1.807, 2.05) is 13.0 Å². The first-order chi connectivity index (χ1) is 13.4. The molecule has 7 heteroatoms. The quantitative estimate of drug-likeness (QED) is 0.700. The van der Waals surface area contributed by atoms with E-state index in [4.69, 9.17) is 4.74 Å². The number of ether oxygens (including phenoxy) is 1. The Morgan fingerprint density at radius 2 is 2.00 bits per heavy atom. The zero-order valence-electron chi connectivity index (χ0n) is 15.8. The van der Waals surface area contributed by atoms with Gasteiger partial charge in [-0.25, -0.2) is 8.42 Å². The molecule has 6 nitrogen and oxygen atoms in total. The Kier molecular flexibility index (Phi) is 6.16. The highest BCUT2D eigenvalue weighted by Crippen LogP contribution is 2.24. The van der Waals surface area contributed by atoms with Gasteiger partial charge in [0.2, 0.25) is 0 Å². The molecular formula is C21H24N2O4S. The van der Waals surface area contributed by atoms with Crippen LogP contribution in [0.4, 0.5) is 5.69 Å². The summed E-state index contributed by atoms with van der Waals surface area (Å²) in [5, 5.41) is 0. The van der Waals surface area contributed by atoms with Gasteiger partial charge >= 0.3 is 0 Å². The van der Waals surface area contributed by atoms with E-state index in [1.54, 1.807) is 41.3 Å². The van der Waals surface area contributed by atoms with Gasteiger partial charge in [0.15, 0.2) is 0 Å². The van der Waals surface area contributed by atoms with Crippen LogP contribution in [0.15, 0.2) is 72.1 Å². The Morgan fingerprint density at radius 1 is 1.25 bits per heavy atom. The monoisotopic (exact) mass is 400 g/mol. The molecule has 3 rings (SSSR count). The van der Waals surface area contributed by atoms with Crippen molar-refractivity contribution in [3.8, 4) is 0 Å². The topological polar surface area (TPSA) is 66.9 Å². The van der Waals surface area contributed by atoms with Crippen LogP contribution in [0.3, 0.4) is 0 Å². The van der Waals surface area contributed by atoms with E-state index in [-0.39, 0.29) is 23.5 Å². The average Bonchev–Trinajstić information content (AvgIpc) is 2.72. The summed E-state index contributed by atoms with van der Waals surface area (Å²) >= 11 is 0. The third kappa shape index (κ3) is 4.26. The maximum absolute atomic E-state index is 13.3. The fraction of sp³-hybridized carbons (Fsp3) is 0.286. The molecule has 1 aliphatic heterocycles. The Morgan fingerprint density at radius 3 is 2.68 bits per heavy atom. The van der Waals surface area contributed by atoms with Crippen LogP contribution in [0.2, 0.25) is 0 Å². The molecule has 0 unspecified atom stereocenters. The minimum Gasteiger partial charge on any atom is -0.375 e. The van der Waals surface area contributed by atoms with Crippen molar-refractivity contribution in [1.82, 2.24) is 4.90 Å². The van der Waals surface area contributed by atoms with Gasteiger partial charge in [-0.1, -0.05) is 30.3 Å². The van der Waals surface area contributed by atoms with E-state index in [2.05, 4.69) is 6.58 Å². The number of para-hydroxylation sites is 1. The van der Waals surface area contributed by atoms with Crippen LogP contribution in [-0.2, 0) is 14.8 Å². The molecule has 1 fully saturated rings. The molecule has 1 saturated heterocycles. The summed E-state index contributed by atoms with van der Waals surface area (Å²) in [6.45, 7) is 7.17. The van der Waals surface area contributed by atoms with E-state index in [0.717, 1.165) is 0 Å². The van der Waals surface area contributed by atoms with Crippen LogP contribution in [0.5, 0.6) is 0 Å². The van der Waals surface area contributed by atoms with E-state index in [1.165, 1.54) is 22.5 Å². The number of anilines is 1. The minimum absolute atomic E-state index is 0.0363. The van der Waals surface area contributed by atoms with Crippen molar-refractivity contribution in [2.24, 2.45) is 0 Å². The van der Waals surface area contributed by atoms with Crippen molar-refractivity contribution in [1.29, 1.82) is 0 Å². The smallest absolute Gasteiger partial charge is 0.264 e. The fourth-order valence-electron chi connectivity index (χ4n) is 3.16. The van der Waals surface area contributed by atoms with Gasteiger partial charge in [-0.3, -0.25) is 9.10 Å². The van der Waals surface area contributed by atoms with Gasteiger partial charge in [0, 0.05) is 18.7 Å².